The first-order valence-electron chi connectivity index (χ1n) is 8.83. The van der Waals surface area contributed by atoms with E-state index in [0.717, 1.165) is 6.42 Å². The molecule has 0 unspecified atom stereocenters. The van der Waals surface area contributed by atoms with Gasteiger partial charge in [0.2, 0.25) is 5.78 Å². The zero-order valence-electron chi connectivity index (χ0n) is 14.1. The fourth-order valence-corrected chi connectivity index (χ4v) is 6.02. The van der Waals surface area contributed by atoms with Crippen LogP contribution in [0, 0.1) is 23.7 Å². The van der Waals surface area contributed by atoms with Crippen LogP contribution in [0.15, 0.2) is 24.3 Å². The summed E-state index contributed by atoms with van der Waals surface area (Å²) in [7, 11) is 0. The number of carbonyl (C=O) groups excluding carboxylic acids is 3. The molecule has 27 heavy (non-hydrogen) atoms. The molecule has 0 N–H and O–H groups in total. The Hall–Kier alpha value is -1.11. The van der Waals surface area contributed by atoms with Crippen LogP contribution < -0.4 is 0 Å². The first kappa shape index (κ1) is 19.2. The number of Topliss-reactive ketones (excluding diaryl/α,β-unsaturated/α-hetero) is 1. The minimum atomic E-state index is -0.989. The Morgan fingerprint density at radius 3 is 2.63 bits per heavy atom. The zero-order valence-corrected chi connectivity index (χ0v) is 17.2. The SMILES string of the molecule is O=C(O[C@@H](CCCl)C(=O)c1ccc(Cl)cc1)[C@@H]1[C@H]2C[C@H]3[C@H](OC(=O)[C@@H]31)[C@@H]2Br. The van der Waals surface area contributed by atoms with E-state index in [0.29, 0.717) is 10.6 Å². The van der Waals surface area contributed by atoms with Gasteiger partial charge < -0.3 is 9.47 Å². The second-order valence-corrected chi connectivity index (χ2v) is 9.11. The van der Waals surface area contributed by atoms with Gasteiger partial charge in [-0.2, -0.15) is 0 Å². The first-order valence-corrected chi connectivity index (χ1v) is 10.7. The molecule has 1 saturated heterocycles. The number of fused-ring (bicyclic) bond motifs is 1. The summed E-state index contributed by atoms with van der Waals surface area (Å²) in [6.45, 7) is 0. The number of rotatable bonds is 6. The maximum absolute atomic E-state index is 12.9. The van der Waals surface area contributed by atoms with E-state index in [2.05, 4.69) is 15.9 Å². The van der Waals surface area contributed by atoms with Gasteiger partial charge in [0.25, 0.3) is 0 Å². The third-order valence-corrected chi connectivity index (χ3v) is 7.52. The lowest BCUT2D eigenvalue weighted by molar-refractivity contribution is -0.158. The highest BCUT2D eigenvalue weighted by Crippen LogP contribution is 2.60. The van der Waals surface area contributed by atoms with Crippen molar-refractivity contribution in [3.05, 3.63) is 34.9 Å². The van der Waals surface area contributed by atoms with Crippen molar-refractivity contribution < 1.29 is 23.9 Å². The van der Waals surface area contributed by atoms with Crippen molar-refractivity contribution in [1.29, 1.82) is 0 Å². The molecule has 7 atom stereocenters. The van der Waals surface area contributed by atoms with Crippen LogP contribution in [0.2, 0.25) is 5.02 Å². The second kappa shape index (κ2) is 7.37. The monoisotopic (exact) mass is 474 g/mol. The molecule has 5 nitrogen and oxygen atoms in total. The Morgan fingerprint density at radius 1 is 1.26 bits per heavy atom. The summed E-state index contributed by atoms with van der Waals surface area (Å²) in [4.78, 5) is 37.8. The highest BCUT2D eigenvalue weighted by Gasteiger charge is 2.68. The molecular weight excluding hydrogens is 459 g/mol. The molecule has 3 fully saturated rings. The van der Waals surface area contributed by atoms with Crippen molar-refractivity contribution in [2.75, 3.05) is 5.88 Å². The van der Waals surface area contributed by atoms with Gasteiger partial charge in [0.15, 0.2) is 6.10 Å². The van der Waals surface area contributed by atoms with Crippen molar-refractivity contribution in [3.8, 4) is 0 Å². The Morgan fingerprint density at radius 2 is 1.96 bits per heavy atom. The lowest BCUT2D eigenvalue weighted by Crippen LogP contribution is -2.41. The van der Waals surface area contributed by atoms with E-state index in [4.69, 9.17) is 32.7 Å². The Bertz CT molecular complexity index is 783. The topological polar surface area (TPSA) is 69.7 Å². The molecule has 1 aliphatic heterocycles. The molecule has 2 bridgehead atoms. The van der Waals surface area contributed by atoms with Gasteiger partial charge in [-0.15, -0.1) is 11.6 Å². The molecule has 0 aromatic heterocycles. The summed E-state index contributed by atoms with van der Waals surface area (Å²) in [5.74, 6) is -2.05. The van der Waals surface area contributed by atoms with E-state index < -0.39 is 23.9 Å². The number of ketones is 1. The van der Waals surface area contributed by atoms with Gasteiger partial charge in [-0.25, -0.2) is 0 Å². The predicted octanol–water partition coefficient (Wildman–Crippen LogP) is 3.63. The largest absolute Gasteiger partial charge is 0.461 e. The van der Waals surface area contributed by atoms with E-state index in [1.165, 1.54) is 0 Å². The molecule has 1 aromatic carbocycles. The van der Waals surface area contributed by atoms with Crippen molar-refractivity contribution in [1.82, 2.24) is 0 Å². The van der Waals surface area contributed by atoms with Gasteiger partial charge >= 0.3 is 11.9 Å². The van der Waals surface area contributed by atoms with Crippen LogP contribution in [-0.2, 0) is 19.1 Å². The average molecular weight is 476 g/mol. The minimum absolute atomic E-state index is 0.0220. The van der Waals surface area contributed by atoms with Crippen LogP contribution in [0.5, 0.6) is 0 Å². The third-order valence-electron chi connectivity index (χ3n) is 5.85. The number of alkyl halides is 2. The molecule has 0 radical (unpaired) electrons. The highest BCUT2D eigenvalue weighted by atomic mass is 79.9. The summed E-state index contributed by atoms with van der Waals surface area (Å²) >= 11 is 15.3. The second-order valence-electron chi connectivity index (χ2n) is 7.24. The molecule has 8 heteroatoms. The van der Waals surface area contributed by atoms with Crippen LogP contribution >= 0.6 is 39.1 Å². The van der Waals surface area contributed by atoms with E-state index in [9.17, 15) is 14.4 Å². The Labute approximate surface area is 174 Å². The standard InChI is InChI=1S/C19H17BrCl2O5/c20-15-10-7-11-14(19(25)27-17(11)15)13(10)18(24)26-12(5-6-21)16(23)8-1-3-9(22)4-2-8/h1-4,10-15,17H,5-7H2/t10-,11-,12+,13-,14+,15-,17+/m1/s1. The number of esters is 2. The normalized spacial score (nSPS) is 34.4. The fraction of sp³-hybridized carbons (Fsp3) is 0.526. The van der Waals surface area contributed by atoms with Crippen LogP contribution in [0.4, 0.5) is 0 Å². The van der Waals surface area contributed by atoms with Crippen molar-refractivity contribution in [3.63, 3.8) is 0 Å². The van der Waals surface area contributed by atoms with Gasteiger partial charge in [-0.1, -0.05) is 27.5 Å². The summed E-state index contributed by atoms with van der Waals surface area (Å²) in [5, 5.41) is 0.511. The van der Waals surface area contributed by atoms with Crippen molar-refractivity contribution in [2.45, 2.75) is 29.9 Å². The van der Waals surface area contributed by atoms with Gasteiger partial charge in [0.05, 0.1) is 16.7 Å². The molecule has 0 amide bonds. The Kier molecular flexibility index (Phi) is 5.25. The van der Waals surface area contributed by atoms with Crippen LogP contribution in [0.3, 0.4) is 0 Å². The first-order chi connectivity index (χ1) is 12.9. The maximum atomic E-state index is 12.9. The predicted molar refractivity (Wildman–Crippen MR) is 102 cm³/mol. The maximum Gasteiger partial charge on any atom is 0.310 e. The lowest BCUT2D eigenvalue weighted by Gasteiger charge is -2.28. The minimum Gasteiger partial charge on any atom is -0.461 e. The summed E-state index contributed by atoms with van der Waals surface area (Å²) < 4.78 is 11.0. The van der Waals surface area contributed by atoms with Gasteiger partial charge in [0.1, 0.15) is 6.10 Å². The molecule has 2 aliphatic carbocycles. The summed E-state index contributed by atoms with van der Waals surface area (Å²) in [6.07, 6.45) is -0.198. The van der Waals surface area contributed by atoms with E-state index in [1.807, 2.05) is 0 Å². The number of hydrogen-bond donors (Lipinski definition) is 0. The van der Waals surface area contributed by atoms with E-state index >= 15 is 0 Å². The van der Waals surface area contributed by atoms with Gasteiger partial charge in [-0.05, 0) is 36.6 Å². The van der Waals surface area contributed by atoms with E-state index in [1.54, 1.807) is 24.3 Å². The van der Waals surface area contributed by atoms with E-state index in [-0.39, 0.29) is 46.8 Å². The van der Waals surface area contributed by atoms with Gasteiger partial charge in [0, 0.05) is 28.8 Å². The number of hydrogen-bond acceptors (Lipinski definition) is 5. The fourth-order valence-electron chi connectivity index (χ4n) is 4.66. The zero-order chi connectivity index (χ0) is 19.3. The van der Waals surface area contributed by atoms with Gasteiger partial charge in [-0.3, -0.25) is 14.4 Å². The molecule has 1 aromatic rings. The molecule has 0 spiro atoms. The molecule has 2 saturated carbocycles. The highest BCUT2D eigenvalue weighted by molar-refractivity contribution is 9.09. The van der Waals surface area contributed by atoms with Crippen molar-refractivity contribution in [2.24, 2.45) is 23.7 Å². The average Bonchev–Trinajstić information content (AvgIpc) is 3.25. The number of carbonyl (C=O) groups is 3. The Balaban J connectivity index is 1.52. The lowest BCUT2D eigenvalue weighted by atomic mass is 9.80. The number of halogens is 3. The number of benzene rings is 1. The summed E-state index contributed by atoms with van der Waals surface area (Å²) in [6, 6.07) is 6.39. The smallest absolute Gasteiger partial charge is 0.310 e. The summed E-state index contributed by atoms with van der Waals surface area (Å²) in [5.41, 5.74) is 0.397. The van der Waals surface area contributed by atoms with Crippen LogP contribution in [0.1, 0.15) is 23.2 Å². The molecular formula is C19H17BrCl2O5. The third kappa shape index (κ3) is 3.19. The molecule has 4 rings (SSSR count). The van der Waals surface area contributed by atoms with Crippen molar-refractivity contribution >= 4 is 56.9 Å². The molecule has 3 aliphatic rings. The molecule has 1 heterocycles. The quantitative estimate of drug-likeness (QED) is 0.357. The van der Waals surface area contributed by atoms with Crippen LogP contribution in [-0.4, -0.2) is 40.6 Å². The molecule has 144 valence electrons. The van der Waals surface area contributed by atoms with Crippen LogP contribution in [0.25, 0.3) is 0 Å². The number of ether oxygens (including phenoxy) is 2.